The molecule has 2 aliphatic heterocycles. The minimum absolute atomic E-state index is 0.0202. The largest absolute Gasteiger partial charge is 0.335 e. The molecule has 0 aromatic heterocycles. The van der Waals surface area contributed by atoms with Crippen LogP contribution in [0.3, 0.4) is 0 Å². The summed E-state index contributed by atoms with van der Waals surface area (Å²) in [7, 11) is 0. The van der Waals surface area contributed by atoms with Crippen molar-refractivity contribution >= 4 is 17.5 Å². The van der Waals surface area contributed by atoms with Crippen molar-refractivity contribution in [1.29, 1.82) is 0 Å². The average Bonchev–Trinajstić information content (AvgIpc) is 2.96. The zero-order chi connectivity index (χ0) is 24.0. The highest BCUT2D eigenvalue weighted by molar-refractivity contribution is 5.96. The molecule has 2 saturated heterocycles. The summed E-state index contributed by atoms with van der Waals surface area (Å²) in [6, 6.07) is 7.80. The summed E-state index contributed by atoms with van der Waals surface area (Å²) >= 11 is 0. The molecule has 1 aromatic carbocycles. The van der Waals surface area contributed by atoms with Gasteiger partial charge in [-0.2, -0.15) is 0 Å². The zero-order valence-corrected chi connectivity index (χ0v) is 21.5. The smallest absolute Gasteiger partial charge is 0.254 e. The van der Waals surface area contributed by atoms with Crippen LogP contribution in [0.1, 0.15) is 84.0 Å². The molecular formula is C28H43N3O2. The van der Waals surface area contributed by atoms with Crippen LogP contribution in [0.25, 0.3) is 0 Å². The number of piperidine rings is 1. The van der Waals surface area contributed by atoms with Gasteiger partial charge in [-0.3, -0.25) is 14.5 Å². The topological polar surface area (TPSA) is 52.7 Å². The van der Waals surface area contributed by atoms with E-state index in [4.69, 9.17) is 0 Å². The minimum Gasteiger partial charge on any atom is -0.335 e. The van der Waals surface area contributed by atoms with Gasteiger partial charge < -0.3 is 10.2 Å². The molecule has 4 rings (SSSR count). The Kier molecular flexibility index (Phi) is 6.41. The fourth-order valence-corrected chi connectivity index (χ4v) is 6.92. The third-order valence-electron chi connectivity index (χ3n) is 8.27. The lowest BCUT2D eigenvalue weighted by atomic mass is 9.65. The molecule has 5 heteroatoms. The predicted molar refractivity (Wildman–Crippen MR) is 134 cm³/mol. The summed E-state index contributed by atoms with van der Waals surface area (Å²) in [6.45, 7) is 17.2. The van der Waals surface area contributed by atoms with E-state index < -0.39 is 0 Å². The molecule has 1 saturated carbocycles. The zero-order valence-electron chi connectivity index (χ0n) is 21.5. The van der Waals surface area contributed by atoms with E-state index in [0.717, 1.165) is 56.9 Å². The lowest BCUT2D eigenvalue weighted by molar-refractivity contribution is -0.117. The predicted octanol–water partition coefficient (Wildman–Crippen LogP) is 5.42. The van der Waals surface area contributed by atoms with Crippen LogP contribution >= 0.6 is 0 Å². The van der Waals surface area contributed by atoms with Crippen LogP contribution in [0.5, 0.6) is 0 Å². The van der Waals surface area contributed by atoms with Gasteiger partial charge in [-0.1, -0.05) is 41.5 Å². The van der Waals surface area contributed by atoms with E-state index in [0.29, 0.717) is 29.0 Å². The highest BCUT2D eigenvalue weighted by atomic mass is 16.2. The summed E-state index contributed by atoms with van der Waals surface area (Å²) < 4.78 is 0. The maximum atomic E-state index is 13.3. The van der Waals surface area contributed by atoms with Gasteiger partial charge >= 0.3 is 0 Å². The van der Waals surface area contributed by atoms with Gasteiger partial charge in [-0.25, -0.2) is 0 Å². The first kappa shape index (κ1) is 24.3. The SMILES string of the molecule is CC1(C)CC2CC(C)(CN2C(=O)c2ccc(NC(=O)CN3CCC(C(C)(C)C)CC3)cc2)C1. The van der Waals surface area contributed by atoms with Crippen molar-refractivity contribution in [3.05, 3.63) is 29.8 Å². The van der Waals surface area contributed by atoms with E-state index in [2.05, 4.69) is 56.7 Å². The van der Waals surface area contributed by atoms with E-state index >= 15 is 0 Å². The molecule has 1 aromatic rings. The first-order valence-corrected chi connectivity index (χ1v) is 12.8. The van der Waals surface area contributed by atoms with Gasteiger partial charge in [0.05, 0.1) is 6.54 Å². The van der Waals surface area contributed by atoms with Gasteiger partial charge in [-0.15, -0.1) is 0 Å². The molecule has 2 amide bonds. The van der Waals surface area contributed by atoms with Crippen molar-refractivity contribution in [2.24, 2.45) is 22.2 Å². The standard InChI is InChI=1S/C28H43N3O2/c1-26(2,3)21-11-13-30(14-12-21)17-24(32)29-22-9-7-20(8-10-22)25(33)31-19-28(6)16-23(31)15-27(4,5)18-28/h7-10,21,23H,11-19H2,1-6H3,(H,29,32). The fourth-order valence-electron chi connectivity index (χ4n) is 6.92. The lowest BCUT2D eigenvalue weighted by Crippen LogP contribution is -2.41. The van der Waals surface area contributed by atoms with Gasteiger partial charge in [-0.05, 0) is 91.6 Å². The van der Waals surface area contributed by atoms with Crippen LogP contribution in [-0.2, 0) is 4.79 Å². The third kappa shape index (κ3) is 5.62. The summed E-state index contributed by atoms with van der Waals surface area (Å²) in [5.74, 6) is 0.874. The van der Waals surface area contributed by atoms with Gasteiger partial charge in [0, 0.05) is 23.8 Å². The van der Waals surface area contributed by atoms with E-state index in [1.165, 1.54) is 6.42 Å². The molecule has 3 aliphatic rings. The molecule has 1 aliphatic carbocycles. The molecular weight excluding hydrogens is 410 g/mol. The Bertz CT molecular complexity index is 877. The number of nitrogens with zero attached hydrogens (tertiary/aromatic N) is 2. The summed E-state index contributed by atoms with van der Waals surface area (Å²) in [5, 5.41) is 3.01. The van der Waals surface area contributed by atoms with E-state index in [1.807, 2.05) is 24.3 Å². The minimum atomic E-state index is 0.0202. The van der Waals surface area contributed by atoms with Gasteiger partial charge in [0.2, 0.25) is 5.91 Å². The van der Waals surface area contributed by atoms with Crippen molar-refractivity contribution < 1.29 is 9.59 Å². The Morgan fingerprint density at radius 3 is 2.27 bits per heavy atom. The number of carbonyl (C=O) groups is 2. The molecule has 2 unspecified atom stereocenters. The second kappa shape index (κ2) is 8.72. The molecule has 33 heavy (non-hydrogen) atoms. The summed E-state index contributed by atoms with van der Waals surface area (Å²) in [4.78, 5) is 30.2. The number of anilines is 1. The fraction of sp³-hybridized carbons (Fsp3) is 0.714. The highest BCUT2D eigenvalue weighted by Gasteiger charge is 2.51. The van der Waals surface area contributed by atoms with Crippen LogP contribution in [0, 0.1) is 22.2 Å². The monoisotopic (exact) mass is 453 g/mol. The first-order valence-electron chi connectivity index (χ1n) is 12.8. The number of fused-ring (bicyclic) bond motifs is 2. The maximum absolute atomic E-state index is 13.3. The number of hydrogen-bond donors (Lipinski definition) is 1. The number of carbonyl (C=O) groups excluding carboxylic acids is 2. The number of amides is 2. The summed E-state index contributed by atoms with van der Waals surface area (Å²) in [5.41, 5.74) is 2.34. The number of rotatable bonds is 4. The Balaban J connectivity index is 1.30. The molecule has 1 N–H and O–H groups in total. The van der Waals surface area contributed by atoms with E-state index in [1.54, 1.807) is 0 Å². The Hall–Kier alpha value is -1.88. The van der Waals surface area contributed by atoms with Gasteiger partial charge in [0.15, 0.2) is 0 Å². The quantitative estimate of drug-likeness (QED) is 0.662. The second-order valence-electron chi connectivity index (χ2n) is 13.2. The lowest BCUT2D eigenvalue weighted by Gasteiger charge is -2.39. The molecule has 0 spiro atoms. The molecule has 0 radical (unpaired) electrons. The average molecular weight is 454 g/mol. The molecule has 2 atom stereocenters. The number of likely N-dealkylation sites (tertiary alicyclic amines) is 2. The highest BCUT2D eigenvalue weighted by Crippen LogP contribution is 2.52. The normalized spacial score (nSPS) is 28.1. The van der Waals surface area contributed by atoms with Crippen molar-refractivity contribution in [1.82, 2.24) is 9.80 Å². The number of benzene rings is 1. The third-order valence-corrected chi connectivity index (χ3v) is 8.27. The van der Waals surface area contributed by atoms with Gasteiger partial charge in [0.1, 0.15) is 0 Å². The summed E-state index contributed by atoms with van der Waals surface area (Å²) in [6.07, 6.45) is 5.68. The molecule has 2 heterocycles. The molecule has 3 fully saturated rings. The van der Waals surface area contributed by atoms with E-state index in [-0.39, 0.29) is 17.2 Å². The Labute approximate surface area is 200 Å². The van der Waals surface area contributed by atoms with Crippen LogP contribution in [-0.4, -0.2) is 53.8 Å². The van der Waals surface area contributed by atoms with Gasteiger partial charge in [0.25, 0.3) is 5.91 Å². The molecule has 2 bridgehead atoms. The molecule has 182 valence electrons. The Morgan fingerprint density at radius 1 is 1.03 bits per heavy atom. The maximum Gasteiger partial charge on any atom is 0.254 e. The van der Waals surface area contributed by atoms with Crippen molar-refractivity contribution in [3.8, 4) is 0 Å². The Morgan fingerprint density at radius 2 is 1.67 bits per heavy atom. The number of hydrogen-bond acceptors (Lipinski definition) is 3. The van der Waals surface area contributed by atoms with E-state index in [9.17, 15) is 9.59 Å². The number of nitrogens with one attached hydrogen (secondary N) is 1. The van der Waals surface area contributed by atoms with Crippen molar-refractivity contribution in [2.45, 2.75) is 79.7 Å². The molecule has 5 nitrogen and oxygen atoms in total. The first-order chi connectivity index (χ1) is 15.3. The van der Waals surface area contributed by atoms with Crippen LogP contribution in [0.4, 0.5) is 5.69 Å². The van der Waals surface area contributed by atoms with Crippen LogP contribution in [0.2, 0.25) is 0 Å². The van der Waals surface area contributed by atoms with Crippen molar-refractivity contribution in [2.75, 3.05) is 31.5 Å². The van der Waals surface area contributed by atoms with Crippen molar-refractivity contribution in [3.63, 3.8) is 0 Å². The second-order valence-corrected chi connectivity index (χ2v) is 13.2. The van der Waals surface area contributed by atoms with Crippen LogP contribution in [0.15, 0.2) is 24.3 Å². The van der Waals surface area contributed by atoms with Crippen LogP contribution < -0.4 is 5.32 Å².